The van der Waals surface area contributed by atoms with Gasteiger partial charge in [-0.3, -0.25) is 4.79 Å². The summed E-state index contributed by atoms with van der Waals surface area (Å²) in [6.45, 7) is 3.12. The van der Waals surface area contributed by atoms with E-state index in [1.54, 1.807) is 12.1 Å². The number of benzene rings is 2. The number of hydrogen-bond donors (Lipinski definition) is 1. The summed E-state index contributed by atoms with van der Waals surface area (Å²) in [5, 5.41) is 2.94. The fraction of sp³-hybridized carbons (Fsp3) is 0.391. The van der Waals surface area contributed by atoms with Gasteiger partial charge in [0.1, 0.15) is 24.7 Å². The van der Waals surface area contributed by atoms with Gasteiger partial charge in [0.2, 0.25) is 5.91 Å². The van der Waals surface area contributed by atoms with Crippen LogP contribution in [0, 0.1) is 0 Å². The smallest absolute Gasteiger partial charge is 0.339 e. The van der Waals surface area contributed by atoms with Gasteiger partial charge in [0, 0.05) is 10.9 Å². The molecule has 1 fully saturated rings. The molecule has 0 aromatic heterocycles. The molecule has 0 heterocycles. The first-order valence-corrected chi connectivity index (χ1v) is 11.2. The van der Waals surface area contributed by atoms with Crippen molar-refractivity contribution in [1.82, 2.24) is 5.32 Å². The summed E-state index contributed by atoms with van der Waals surface area (Å²) >= 11 is 1.34. The maximum absolute atomic E-state index is 12.4. The Labute approximate surface area is 181 Å². The van der Waals surface area contributed by atoms with Gasteiger partial charge in [-0.1, -0.05) is 19.1 Å². The molecule has 1 amide bonds. The molecule has 1 saturated carbocycles. The van der Waals surface area contributed by atoms with Gasteiger partial charge in [0.05, 0.1) is 17.9 Å². The zero-order valence-electron chi connectivity index (χ0n) is 17.1. The molecule has 0 aliphatic heterocycles. The molecule has 7 heteroatoms. The lowest BCUT2D eigenvalue weighted by molar-refractivity contribution is -0.118. The Hall–Kier alpha value is -2.67. The monoisotopic (exact) mass is 429 g/mol. The molecule has 1 aliphatic carbocycles. The summed E-state index contributed by atoms with van der Waals surface area (Å²) in [5.41, 5.74) is 0.458. The van der Waals surface area contributed by atoms with E-state index in [0.29, 0.717) is 24.0 Å². The maximum Gasteiger partial charge on any atom is 0.339 e. The normalized spacial score (nSPS) is 12.8. The van der Waals surface area contributed by atoms with Crippen molar-refractivity contribution in [3.63, 3.8) is 0 Å². The fourth-order valence-electron chi connectivity index (χ4n) is 2.63. The molecule has 2 aromatic rings. The van der Waals surface area contributed by atoms with Crippen molar-refractivity contribution in [3.8, 4) is 11.5 Å². The molecule has 0 radical (unpaired) electrons. The predicted octanol–water partition coefficient (Wildman–Crippen LogP) is 4.08. The number of hydrogen-bond acceptors (Lipinski definition) is 6. The van der Waals surface area contributed by atoms with Crippen LogP contribution in [0.1, 0.15) is 36.5 Å². The number of rotatable bonds is 12. The van der Waals surface area contributed by atoms with Gasteiger partial charge < -0.3 is 19.5 Å². The van der Waals surface area contributed by atoms with E-state index in [1.165, 1.54) is 11.8 Å². The third-order valence-electron chi connectivity index (χ3n) is 4.29. The Bertz CT molecular complexity index is 836. The van der Waals surface area contributed by atoms with Crippen molar-refractivity contribution in [2.75, 3.05) is 25.6 Å². The number of amides is 1. The largest absolute Gasteiger partial charge is 0.494 e. The lowest BCUT2D eigenvalue weighted by Crippen LogP contribution is -2.27. The van der Waals surface area contributed by atoms with E-state index in [9.17, 15) is 9.59 Å². The molecular weight excluding hydrogens is 402 g/mol. The van der Waals surface area contributed by atoms with Gasteiger partial charge in [-0.2, -0.15) is 0 Å². The average molecular weight is 430 g/mol. The van der Waals surface area contributed by atoms with Gasteiger partial charge in [-0.25, -0.2) is 4.79 Å². The molecular formula is C23H27NO5S. The standard InChI is InChI=1S/C23H27NO5S/c1-2-13-27-18-9-11-19(12-10-18)28-14-15-29-23(26)20-5-3-4-6-21(20)30-16-22(25)24-17-7-8-17/h3-6,9-12,17H,2,7-8,13-16H2,1H3,(H,24,25). The zero-order chi connectivity index (χ0) is 21.2. The fourth-order valence-corrected chi connectivity index (χ4v) is 3.48. The molecule has 3 rings (SSSR count). The number of carbonyl (C=O) groups is 2. The maximum atomic E-state index is 12.4. The van der Waals surface area contributed by atoms with Crippen LogP contribution in [-0.4, -0.2) is 43.5 Å². The minimum atomic E-state index is -0.424. The second kappa shape index (κ2) is 11.5. The van der Waals surface area contributed by atoms with Crippen LogP contribution in [0.3, 0.4) is 0 Å². The van der Waals surface area contributed by atoms with Crippen LogP contribution in [0.15, 0.2) is 53.4 Å². The molecule has 0 bridgehead atoms. The van der Waals surface area contributed by atoms with Crippen LogP contribution in [-0.2, 0) is 9.53 Å². The number of ether oxygens (including phenoxy) is 3. The first kappa shape index (κ1) is 22.0. The minimum Gasteiger partial charge on any atom is -0.494 e. The van der Waals surface area contributed by atoms with Crippen LogP contribution in [0.4, 0.5) is 0 Å². The van der Waals surface area contributed by atoms with Gasteiger partial charge in [-0.15, -0.1) is 11.8 Å². The Balaban J connectivity index is 1.41. The molecule has 1 N–H and O–H groups in total. The van der Waals surface area contributed by atoms with Gasteiger partial charge >= 0.3 is 5.97 Å². The van der Waals surface area contributed by atoms with E-state index in [4.69, 9.17) is 14.2 Å². The quantitative estimate of drug-likeness (QED) is 0.311. The summed E-state index contributed by atoms with van der Waals surface area (Å²) in [7, 11) is 0. The van der Waals surface area contributed by atoms with Crippen molar-refractivity contribution >= 4 is 23.6 Å². The number of nitrogens with one attached hydrogen (secondary N) is 1. The molecule has 30 heavy (non-hydrogen) atoms. The highest BCUT2D eigenvalue weighted by atomic mass is 32.2. The van der Waals surface area contributed by atoms with Gasteiger partial charge in [0.25, 0.3) is 0 Å². The van der Waals surface area contributed by atoms with Crippen molar-refractivity contribution in [1.29, 1.82) is 0 Å². The number of thioether (sulfide) groups is 1. The highest BCUT2D eigenvalue weighted by molar-refractivity contribution is 8.00. The minimum absolute atomic E-state index is 0.00909. The summed E-state index contributed by atoms with van der Waals surface area (Å²) in [5.74, 6) is 1.34. The van der Waals surface area contributed by atoms with E-state index in [2.05, 4.69) is 12.2 Å². The molecule has 6 nitrogen and oxygen atoms in total. The lowest BCUT2D eigenvalue weighted by Gasteiger charge is -2.11. The molecule has 0 atom stereocenters. The highest BCUT2D eigenvalue weighted by Crippen LogP contribution is 2.24. The summed E-state index contributed by atoms with van der Waals surface area (Å²) in [6, 6.07) is 14.8. The molecule has 1 aliphatic rings. The molecule has 0 saturated heterocycles. The summed E-state index contributed by atoms with van der Waals surface area (Å²) in [4.78, 5) is 25.1. The van der Waals surface area contributed by atoms with Gasteiger partial charge in [0.15, 0.2) is 0 Å². The number of carbonyl (C=O) groups excluding carboxylic acids is 2. The Morgan fingerprint density at radius 2 is 1.63 bits per heavy atom. The predicted molar refractivity (Wildman–Crippen MR) is 116 cm³/mol. The van der Waals surface area contributed by atoms with E-state index in [-0.39, 0.29) is 24.9 Å². The second-order valence-electron chi connectivity index (χ2n) is 6.93. The van der Waals surface area contributed by atoms with E-state index in [0.717, 1.165) is 29.9 Å². The first-order chi connectivity index (χ1) is 14.7. The van der Waals surface area contributed by atoms with Crippen molar-refractivity contribution < 1.29 is 23.8 Å². The van der Waals surface area contributed by atoms with Crippen LogP contribution in [0.2, 0.25) is 0 Å². The van der Waals surface area contributed by atoms with E-state index < -0.39 is 5.97 Å². The van der Waals surface area contributed by atoms with E-state index in [1.807, 2.05) is 36.4 Å². The van der Waals surface area contributed by atoms with Crippen molar-refractivity contribution in [2.24, 2.45) is 0 Å². The van der Waals surface area contributed by atoms with Crippen LogP contribution >= 0.6 is 11.8 Å². The Kier molecular flexibility index (Phi) is 8.44. The Morgan fingerprint density at radius 3 is 2.30 bits per heavy atom. The van der Waals surface area contributed by atoms with Gasteiger partial charge in [-0.05, 0) is 55.7 Å². The SMILES string of the molecule is CCCOc1ccc(OCCOC(=O)c2ccccc2SCC(=O)NC2CC2)cc1. The lowest BCUT2D eigenvalue weighted by atomic mass is 10.2. The highest BCUT2D eigenvalue weighted by Gasteiger charge is 2.23. The topological polar surface area (TPSA) is 73.9 Å². The van der Waals surface area contributed by atoms with Crippen LogP contribution in [0.25, 0.3) is 0 Å². The summed E-state index contributed by atoms with van der Waals surface area (Å²) in [6.07, 6.45) is 3.06. The zero-order valence-corrected chi connectivity index (χ0v) is 17.9. The summed E-state index contributed by atoms with van der Waals surface area (Å²) < 4.78 is 16.5. The van der Waals surface area contributed by atoms with Crippen molar-refractivity contribution in [2.45, 2.75) is 37.1 Å². The van der Waals surface area contributed by atoms with Crippen molar-refractivity contribution in [3.05, 3.63) is 54.1 Å². The van der Waals surface area contributed by atoms with Crippen LogP contribution in [0.5, 0.6) is 11.5 Å². The molecule has 160 valence electrons. The van der Waals surface area contributed by atoms with E-state index >= 15 is 0 Å². The first-order valence-electron chi connectivity index (χ1n) is 10.2. The Morgan fingerprint density at radius 1 is 0.967 bits per heavy atom. The second-order valence-corrected chi connectivity index (χ2v) is 7.95. The third kappa shape index (κ3) is 7.30. The molecule has 0 unspecified atom stereocenters. The molecule has 0 spiro atoms. The molecule has 2 aromatic carbocycles. The average Bonchev–Trinajstić information content (AvgIpc) is 3.58. The third-order valence-corrected chi connectivity index (χ3v) is 5.36. The number of esters is 1. The van der Waals surface area contributed by atoms with Crippen LogP contribution < -0.4 is 14.8 Å².